The summed E-state index contributed by atoms with van der Waals surface area (Å²) in [6.07, 6.45) is 3.39. The van der Waals surface area contributed by atoms with Gasteiger partial charge in [0, 0.05) is 11.1 Å². The van der Waals surface area contributed by atoms with Gasteiger partial charge in [-0.05, 0) is 24.3 Å². The van der Waals surface area contributed by atoms with E-state index in [-0.39, 0.29) is 38.9 Å². The number of carboxylic acids is 2. The summed E-state index contributed by atoms with van der Waals surface area (Å²) in [5.41, 5.74) is 0.917. The monoisotopic (exact) mass is 558 g/mol. The summed E-state index contributed by atoms with van der Waals surface area (Å²) in [7, 11) is 0. The molecule has 0 amide bonds. The molecule has 2 aromatic carbocycles. The third-order valence-corrected chi connectivity index (χ3v) is 2.86. The van der Waals surface area contributed by atoms with Gasteiger partial charge in [0.05, 0.1) is 11.9 Å². The predicted octanol–water partition coefficient (Wildman–Crippen LogP) is -0.0300. The molecule has 2 radical (unpaired) electrons. The quantitative estimate of drug-likeness (QED) is 0.280. The van der Waals surface area contributed by atoms with Gasteiger partial charge in [0.2, 0.25) is 0 Å². The molecular formula is C20H14O6Pb. The van der Waals surface area contributed by atoms with Gasteiger partial charge in [0.25, 0.3) is 0 Å². The Labute approximate surface area is 176 Å². The molecule has 0 fully saturated rings. The van der Waals surface area contributed by atoms with Crippen LogP contribution in [0, 0.1) is 0 Å². The van der Waals surface area contributed by atoms with Gasteiger partial charge >= 0.3 is 27.3 Å². The van der Waals surface area contributed by atoms with Crippen molar-refractivity contribution in [2.45, 2.75) is 0 Å². The average Bonchev–Trinajstić information content (AvgIpc) is 2.66. The maximum Gasteiger partial charge on any atom is 2.00 e. The molecule has 0 spiro atoms. The molecule has 0 aliphatic heterocycles. The van der Waals surface area contributed by atoms with Crippen LogP contribution in [0.5, 0.6) is 0 Å². The zero-order valence-corrected chi connectivity index (χ0v) is 17.9. The third-order valence-electron chi connectivity index (χ3n) is 2.86. The molecule has 0 unspecified atom stereocenters. The van der Waals surface area contributed by atoms with Crippen LogP contribution in [0.15, 0.2) is 85.0 Å². The molecule has 6 nitrogen and oxygen atoms in total. The third kappa shape index (κ3) is 10.7. The van der Waals surface area contributed by atoms with Crippen LogP contribution in [0.2, 0.25) is 0 Å². The molecule has 2 rings (SSSR count). The average molecular weight is 558 g/mol. The zero-order valence-electron chi connectivity index (χ0n) is 14.0. The predicted molar refractivity (Wildman–Crippen MR) is 95.6 cm³/mol. The van der Waals surface area contributed by atoms with Gasteiger partial charge in [0.1, 0.15) is 0 Å². The molecule has 0 aliphatic rings. The van der Waals surface area contributed by atoms with Crippen LogP contribution in [0.3, 0.4) is 0 Å². The van der Waals surface area contributed by atoms with Crippen molar-refractivity contribution in [2.75, 3.05) is 0 Å². The van der Waals surface area contributed by atoms with Crippen molar-refractivity contribution in [1.82, 2.24) is 0 Å². The van der Waals surface area contributed by atoms with Crippen molar-refractivity contribution in [3.63, 3.8) is 0 Å². The van der Waals surface area contributed by atoms with E-state index in [0.717, 1.165) is 24.3 Å². The molecule has 7 heteroatoms. The van der Waals surface area contributed by atoms with Crippen LogP contribution in [-0.4, -0.2) is 50.8 Å². The van der Waals surface area contributed by atoms with Crippen LogP contribution in [-0.2, 0) is 9.59 Å². The van der Waals surface area contributed by atoms with Gasteiger partial charge in [-0.2, -0.15) is 0 Å². The number of hydrogen-bond donors (Lipinski definition) is 0. The fourth-order valence-corrected chi connectivity index (χ4v) is 1.68. The van der Waals surface area contributed by atoms with Crippen molar-refractivity contribution in [3.8, 4) is 0 Å². The first-order valence-electron chi connectivity index (χ1n) is 7.37. The van der Waals surface area contributed by atoms with E-state index >= 15 is 0 Å². The van der Waals surface area contributed by atoms with Crippen molar-refractivity contribution < 1.29 is 29.4 Å². The number of rotatable bonds is 6. The Morgan fingerprint density at radius 2 is 0.852 bits per heavy atom. The van der Waals surface area contributed by atoms with Crippen LogP contribution in [0.4, 0.5) is 0 Å². The summed E-state index contributed by atoms with van der Waals surface area (Å²) in [5.74, 6) is -3.43. The summed E-state index contributed by atoms with van der Waals surface area (Å²) in [6.45, 7) is 0. The van der Waals surface area contributed by atoms with E-state index in [1.807, 2.05) is 0 Å². The molecule has 2 aromatic rings. The second-order valence-corrected chi connectivity index (χ2v) is 4.77. The van der Waals surface area contributed by atoms with E-state index in [9.17, 15) is 29.4 Å². The number of ketones is 2. The summed E-state index contributed by atoms with van der Waals surface area (Å²) >= 11 is 0. The van der Waals surface area contributed by atoms with E-state index in [1.165, 1.54) is 0 Å². The minimum atomic E-state index is -1.37. The number of allylic oxidation sites excluding steroid dienone is 2. The zero-order chi connectivity index (χ0) is 19.4. The number of hydrogen-bond acceptors (Lipinski definition) is 6. The number of benzene rings is 2. The summed E-state index contributed by atoms with van der Waals surface area (Å²) in [5, 5.41) is 20.0. The molecule has 0 saturated carbocycles. The Hall–Kier alpha value is -2.88. The molecular weight excluding hydrogens is 543 g/mol. The Balaban J connectivity index is 0.000000483. The van der Waals surface area contributed by atoms with Gasteiger partial charge in [0.15, 0.2) is 11.6 Å². The SMILES string of the molecule is O=C([O-])C=CC(=O)c1ccccc1.O=C([O-])C=CC(=O)c1ccccc1.[Pb+2]. The molecule has 0 N–H and O–H groups in total. The fourth-order valence-electron chi connectivity index (χ4n) is 1.68. The molecule has 27 heavy (non-hydrogen) atoms. The Morgan fingerprint density at radius 3 is 1.11 bits per heavy atom. The minimum Gasteiger partial charge on any atom is -0.545 e. The van der Waals surface area contributed by atoms with Crippen molar-refractivity contribution in [2.24, 2.45) is 0 Å². The van der Waals surface area contributed by atoms with Gasteiger partial charge in [-0.3, -0.25) is 9.59 Å². The van der Waals surface area contributed by atoms with Gasteiger partial charge in [-0.25, -0.2) is 0 Å². The van der Waals surface area contributed by atoms with E-state index in [0.29, 0.717) is 11.1 Å². The maximum absolute atomic E-state index is 11.2. The molecule has 0 aromatic heterocycles. The van der Waals surface area contributed by atoms with Crippen molar-refractivity contribution >= 4 is 50.8 Å². The molecule has 0 aliphatic carbocycles. The van der Waals surface area contributed by atoms with E-state index in [2.05, 4.69) is 0 Å². The molecule has 134 valence electrons. The summed E-state index contributed by atoms with van der Waals surface area (Å²) in [4.78, 5) is 42.3. The van der Waals surface area contributed by atoms with Crippen LogP contribution < -0.4 is 10.2 Å². The molecule has 0 heterocycles. The normalized spacial score (nSPS) is 9.78. The van der Waals surface area contributed by atoms with Gasteiger partial charge in [-0.15, -0.1) is 0 Å². The fraction of sp³-hybridized carbons (Fsp3) is 0. The van der Waals surface area contributed by atoms with Crippen LogP contribution in [0.25, 0.3) is 0 Å². The number of carbonyl (C=O) groups is 4. The van der Waals surface area contributed by atoms with Crippen molar-refractivity contribution in [3.05, 3.63) is 96.1 Å². The number of carbonyl (C=O) groups excluding carboxylic acids is 4. The molecule has 0 atom stereocenters. The van der Waals surface area contributed by atoms with E-state index < -0.39 is 11.9 Å². The molecule has 0 saturated heterocycles. The first kappa shape index (κ1) is 24.1. The number of aliphatic carboxylic acids is 2. The standard InChI is InChI=1S/2C10H8O3.Pb/c2*11-9(6-7-10(12)13)8-4-2-1-3-5-8;/h2*1-7H,(H,12,13);/q;;+2/p-2. The van der Waals surface area contributed by atoms with Crippen molar-refractivity contribution in [1.29, 1.82) is 0 Å². The topological polar surface area (TPSA) is 114 Å². The largest absolute Gasteiger partial charge is 2.00 e. The number of carboxylic acid groups (broad SMARTS) is 2. The maximum atomic E-state index is 11.2. The Kier molecular flexibility index (Phi) is 11.9. The first-order valence-corrected chi connectivity index (χ1v) is 7.37. The first-order chi connectivity index (χ1) is 12.4. The molecule has 0 bridgehead atoms. The minimum absolute atomic E-state index is 0. The smallest absolute Gasteiger partial charge is 0.545 e. The van der Waals surface area contributed by atoms with Crippen LogP contribution >= 0.6 is 0 Å². The Morgan fingerprint density at radius 1 is 0.556 bits per heavy atom. The van der Waals surface area contributed by atoms with Gasteiger partial charge < -0.3 is 19.8 Å². The summed E-state index contributed by atoms with van der Waals surface area (Å²) < 4.78 is 0. The van der Waals surface area contributed by atoms with E-state index in [4.69, 9.17) is 0 Å². The van der Waals surface area contributed by atoms with Gasteiger partial charge in [-0.1, -0.05) is 60.7 Å². The second kappa shape index (κ2) is 13.3. The second-order valence-electron chi connectivity index (χ2n) is 4.77. The van der Waals surface area contributed by atoms with Crippen LogP contribution in [0.1, 0.15) is 20.7 Å². The summed E-state index contributed by atoms with van der Waals surface area (Å²) in [6, 6.07) is 16.8. The van der Waals surface area contributed by atoms with E-state index in [1.54, 1.807) is 60.7 Å². The Bertz CT molecular complexity index is 755.